The van der Waals surface area contributed by atoms with Gasteiger partial charge in [0, 0.05) is 55.8 Å². The fraction of sp³-hybridized carbons (Fsp3) is 0.692. The summed E-state index contributed by atoms with van der Waals surface area (Å²) >= 11 is 0. The number of rotatable bonds is 8. The lowest BCUT2D eigenvalue weighted by molar-refractivity contribution is -0.139. The number of hydrogen-bond acceptors (Lipinski definition) is 6. The molecule has 0 aliphatic carbocycles. The first kappa shape index (κ1) is 24.9. The van der Waals surface area contributed by atoms with Gasteiger partial charge in [-0.05, 0) is 63.8 Å². The average molecular weight is 474 g/mol. The van der Waals surface area contributed by atoms with Gasteiger partial charge < -0.3 is 24.4 Å². The van der Waals surface area contributed by atoms with E-state index in [0.717, 1.165) is 65.2 Å². The van der Waals surface area contributed by atoms with Gasteiger partial charge in [0.05, 0.1) is 19.8 Å². The van der Waals surface area contributed by atoms with E-state index < -0.39 is 0 Å². The van der Waals surface area contributed by atoms with E-state index in [0.29, 0.717) is 23.8 Å². The van der Waals surface area contributed by atoms with Crippen molar-refractivity contribution in [2.75, 3.05) is 52.7 Å². The molecule has 0 bridgehead atoms. The van der Waals surface area contributed by atoms with Crippen LogP contribution in [0.3, 0.4) is 0 Å². The molecule has 0 saturated carbocycles. The zero-order valence-electron chi connectivity index (χ0n) is 20.5. The zero-order chi connectivity index (χ0) is 23.9. The van der Waals surface area contributed by atoms with Crippen LogP contribution in [-0.2, 0) is 14.3 Å². The van der Waals surface area contributed by atoms with E-state index in [1.807, 2.05) is 4.90 Å². The molecule has 3 saturated heterocycles. The lowest BCUT2D eigenvalue weighted by atomic mass is 9.96. The Labute approximate surface area is 202 Å². The summed E-state index contributed by atoms with van der Waals surface area (Å²) in [6.07, 6.45) is 4.27. The predicted molar refractivity (Wildman–Crippen MR) is 129 cm³/mol. The molecule has 8 nitrogen and oxygen atoms in total. The molecule has 3 aliphatic rings. The van der Waals surface area contributed by atoms with Crippen molar-refractivity contribution in [3.05, 3.63) is 29.8 Å². The number of benzene rings is 1. The quantitative estimate of drug-likeness (QED) is 0.624. The zero-order valence-corrected chi connectivity index (χ0v) is 20.5. The molecule has 3 aliphatic heterocycles. The van der Waals surface area contributed by atoms with E-state index >= 15 is 0 Å². The third-order valence-corrected chi connectivity index (χ3v) is 7.46. The minimum Gasteiger partial charge on any atom is -0.484 e. The van der Waals surface area contributed by atoms with Gasteiger partial charge in [0.15, 0.2) is 6.61 Å². The van der Waals surface area contributed by atoms with Gasteiger partial charge in [-0.25, -0.2) is 0 Å². The number of carbonyl (C=O) groups is 2. The summed E-state index contributed by atoms with van der Waals surface area (Å²) in [7, 11) is 0. The molecule has 34 heavy (non-hydrogen) atoms. The maximum absolute atomic E-state index is 12.8. The lowest BCUT2D eigenvalue weighted by Gasteiger charge is -2.38. The topological polar surface area (TPSA) is 80.3 Å². The Morgan fingerprint density at radius 2 is 1.74 bits per heavy atom. The molecule has 4 rings (SSSR count). The molecule has 1 aromatic rings. The normalized spacial score (nSPS) is 26.8. The first-order chi connectivity index (χ1) is 16.5. The largest absolute Gasteiger partial charge is 0.484 e. The fourth-order valence-electron chi connectivity index (χ4n) is 5.49. The van der Waals surface area contributed by atoms with Gasteiger partial charge in [0.2, 0.25) is 0 Å². The summed E-state index contributed by atoms with van der Waals surface area (Å²) in [5.74, 6) is 0.941. The summed E-state index contributed by atoms with van der Waals surface area (Å²) < 4.78 is 16.9. The van der Waals surface area contributed by atoms with Gasteiger partial charge >= 0.3 is 0 Å². The van der Waals surface area contributed by atoms with Crippen LogP contribution in [0.25, 0.3) is 0 Å². The van der Waals surface area contributed by atoms with Crippen molar-refractivity contribution in [1.29, 1.82) is 0 Å². The van der Waals surface area contributed by atoms with Crippen LogP contribution in [0, 0.1) is 5.92 Å². The summed E-state index contributed by atoms with van der Waals surface area (Å²) in [6.45, 7) is 9.59. The van der Waals surface area contributed by atoms with Crippen molar-refractivity contribution in [3.63, 3.8) is 0 Å². The number of morpholine rings is 1. The second kappa shape index (κ2) is 12.0. The highest BCUT2D eigenvalue weighted by atomic mass is 16.5. The molecule has 4 unspecified atom stereocenters. The Morgan fingerprint density at radius 3 is 2.38 bits per heavy atom. The van der Waals surface area contributed by atoms with Gasteiger partial charge in [0.1, 0.15) is 5.75 Å². The van der Waals surface area contributed by atoms with Crippen LogP contribution in [0.5, 0.6) is 5.75 Å². The number of carbonyl (C=O) groups excluding carboxylic acids is 2. The van der Waals surface area contributed by atoms with Gasteiger partial charge in [0.25, 0.3) is 11.8 Å². The number of likely N-dealkylation sites (tertiary alicyclic amines) is 1. The van der Waals surface area contributed by atoms with Crippen LogP contribution < -0.4 is 10.1 Å². The van der Waals surface area contributed by atoms with Gasteiger partial charge in [-0.15, -0.1) is 0 Å². The highest BCUT2D eigenvalue weighted by Gasteiger charge is 2.32. The number of nitrogens with zero attached hydrogens (tertiary/aromatic N) is 2. The van der Waals surface area contributed by atoms with Crippen molar-refractivity contribution in [1.82, 2.24) is 15.1 Å². The van der Waals surface area contributed by atoms with Crippen molar-refractivity contribution in [3.8, 4) is 5.75 Å². The highest BCUT2D eigenvalue weighted by molar-refractivity contribution is 5.94. The van der Waals surface area contributed by atoms with E-state index in [1.54, 1.807) is 24.3 Å². The SMILES string of the molecule is CC1CCCC(C)N1C(=O)COc1ccc(C(=O)NCC(C2CCOC2)N2CCOCC2)cc1. The third kappa shape index (κ3) is 6.29. The van der Waals surface area contributed by atoms with Crippen molar-refractivity contribution in [2.45, 2.75) is 57.7 Å². The van der Waals surface area contributed by atoms with Crippen LogP contribution in [0.15, 0.2) is 24.3 Å². The summed E-state index contributed by atoms with van der Waals surface area (Å²) in [6, 6.07) is 7.79. The van der Waals surface area contributed by atoms with E-state index in [-0.39, 0.29) is 36.5 Å². The molecule has 8 heteroatoms. The van der Waals surface area contributed by atoms with Crippen LogP contribution in [0.2, 0.25) is 0 Å². The van der Waals surface area contributed by atoms with E-state index in [1.165, 1.54) is 0 Å². The minimum absolute atomic E-state index is 0.0188. The van der Waals surface area contributed by atoms with Crippen molar-refractivity contribution >= 4 is 11.8 Å². The number of amides is 2. The Balaban J connectivity index is 1.28. The smallest absolute Gasteiger partial charge is 0.260 e. The Morgan fingerprint density at radius 1 is 1.03 bits per heavy atom. The fourth-order valence-corrected chi connectivity index (χ4v) is 5.49. The number of ether oxygens (including phenoxy) is 3. The molecule has 0 radical (unpaired) electrons. The molecule has 3 fully saturated rings. The minimum atomic E-state index is -0.101. The first-order valence-corrected chi connectivity index (χ1v) is 12.7. The summed E-state index contributed by atoms with van der Waals surface area (Å²) in [5.41, 5.74) is 0.584. The van der Waals surface area contributed by atoms with E-state index in [2.05, 4.69) is 24.1 Å². The maximum atomic E-state index is 12.8. The van der Waals surface area contributed by atoms with Crippen LogP contribution >= 0.6 is 0 Å². The standard InChI is InChI=1S/C26H39N3O5/c1-19-4-3-5-20(2)29(19)25(30)18-34-23-8-6-21(7-9-23)26(31)27-16-24(22-10-13-33-17-22)28-11-14-32-15-12-28/h6-9,19-20,22,24H,3-5,10-18H2,1-2H3,(H,27,31). The molecule has 1 aromatic carbocycles. The molecule has 0 aromatic heterocycles. The lowest BCUT2D eigenvalue weighted by Crippen LogP contribution is -2.52. The monoisotopic (exact) mass is 473 g/mol. The first-order valence-electron chi connectivity index (χ1n) is 12.7. The molecule has 3 heterocycles. The molecular formula is C26H39N3O5. The van der Waals surface area contributed by atoms with E-state index in [9.17, 15) is 9.59 Å². The Kier molecular flexibility index (Phi) is 8.80. The highest BCUT2D eigenvalue weighted by Crippen LogP contribution is 2.24. The Hall–Kier alpha value is -2.16. The molecular weight excluding hydrogens is 434 g/mol. The van der Waals surface area contributed by atoms with Gasteiger partial charge in [-0.3, -0.25) is 14.5 Å². The summed E-state index contributed by atoms with van der Waals surface area (Å²) in [4.78, 5) is 29.9. The van der Waals surface area contributed by atoms with Gasteiger partial charge in [-0.2, -0.15) is 0 Å². The average Bonchev–Trinajstić information content (AvgIpc) is 3.38. The second-order valence-electron chi connectivity index (χ2n) is 9.79. The molecule has 2 amide bonds. The van der Waals surface area contributed by atoms with Crippen LogP contribution in [0.1, 0.15) is 49.9 Å². The maximum Gasteiger partial charge on any atom is 0.260 e. The van der Waals surface area contributed by atoms with Crippen molar-refractivity contribution in [2.24, 2.45) is 5.92 Å². The molecule has 1 N–H and O–H groups in total. The van der Waals surface area contributed by atoms with Crippen LogP contribution in [0.4, 0.5) is 0 Å². The predicted octanol–water partition coefficient (Wildman–Crippen LogP) is 2.32. The van der Waals surface area contributed by atoms with Crippen molar-refractivity contribution < 1.29 is 23.8 Å². The van der Waals surface area contributed by atoms with E-state index in [4.69, 9.17) is 14.2 Å². The molecule has 188 valence electrons. The number of piperidine rings is 1. The molecule has 4 atom stereocenters. The van der Waals surface area contributed by atoms with Gasteiger partial charge in [-0.1, -0.05) is 0 Å². The van der Waals surface area contributed by atoms with Crippen LogP contribution in [-0.4, -0.2) is 92.4 Å². The second-order valence-corrected chi connectivity index (χ2v) is 9.79. The summed E-state index contributed by atoms with van der Waals surface area (Å²) in [5, 5.41) is 3.12. The molecule has 0 spiro atoms. The number of nitrogens with one attached hydrogen (secondary N) is 1. The Bertz CT molecular complexity index is 795. The third-order valence-electron chi connectivity index (χ3n) is 7.46. The number of hydrogen-bond donors (Lipinski definition) is 1.